The Hall–Kier alpha value is -3.50. The average Bonchev–Trinajstić information content (AvgIpc) is 3.65. The molecule has 3 saturated heterocycles. The zero-order valence-corrected chi connectivity index (χ0v) is 24.0. The molecule has 2 aromatic heterocycles. The molecule has 3 N–H and O–H groups in total. The van der Waals surface area contributed by atoms with E-state index in [-0.39, 0.29) is 77.7 Å². The Morgan fingerprint density at radius 3 is 2.90 bits per heavy atom. The molecule has 1 aliphatic carbocycles. The number of fused-ring (bicyclic) bond motifs is 3. The Morgan fingerprint density at radius 1 is 1.31 bits per heavy atom. The quantitative estimate of drug-likeness (QED) is 0.328. The number of rotatable bonds is 4. The number of ether oxygens (including phenoxy) is 3. The minimum absolute atomic E-state index is 0.00447. The van der Waals surface area contributed by atoms with E-state index in [4.69, 9.17) is 36.5 Å². The largest absolute Gasteiger partial charge is 0.486 e. The molecule has 2 atom stereocenters. The predicted molar refractivity (Wildman–Crippen MR) is 155 cm³/mol. The molecule has 4 fully saturated rings. The third-order valence-electron chi connectivity index (χ3n) is 9.08. The molecule has 2 unspecified atom stereocenters. The highest BCUT2D eigenvalue weighted by Gasteiger charge is 2.52. The molecule has 6 heterocycles. The van der Waals surface area contributed by atoms with Crippen LogP contribution in [0.4, 0.5) is 19.6 Å². The maximum absolute atomic E-state index is 16.9. The van der Waals surface area contributed by atoms with Gasteiger partial charge < -0.3 is 30.2 Å². The number of nitrogens with zero attached hydrogens (tertiary/aromatic N) is 4. The smallest absolute Gasteiger partial charge is 0.319 e. The van der Waals surface area contributed by atoms with E-state index < -0.39 is 11.6 Å². The summed E-state index contributed by atoms with van der Waals surface area (Å²) < 4.78 is 50.4. The van der Waals surface area contributed by atoms with Gasteiger partial charge in [0.25, 0.3) is 0 Å². The van der Waals surface area contributed by atoms with Crippen LogP contribution in [-0.2, 0) is 4.74 Å². The maximum atomic E-state index is 16.9. The van der Waals surface area contributed by atoms with Crippen LogP contribution in [0.25, 0.3) is 32.1 Å². The number of nitrogens with two attached hydrogens (primary N) is 1. The van der Waals surface area contributed by atoms with Crippen molar-refractivity contribution in [1.29, 1.82) is 5.26 Å². The Bertz CT molecular complexity index is 1850. The molecule has 4 aromatic rings. The molecular weight excluding hydrogens is 586 g/mol. The number of anilines is 2. The van der Waals surface area contributed by atoms with E-state index >= 15 is 4.39 Å². The van der Waals surface area contributed by atoms with E-state index in [0.29, 0.717) is 37.4 Å². The van der Waals surface area contributed by atoms with Crippen LogP contribution in [0.15, 0.2) is 12.1 Å². The van der Waals surface area contributed by atoms with Gasteiger partial charge in [-0.05, 0) is 37.4 Å². The second-order valence-electron chi connectivity index (χ2n) is 11.6. The summed E-state index contributed by atoms with van der Waals surface area (Å²) in [7, 11) is 1.89. The first-order valence-corrected chi connectivity index (χ1v) is 15.0. The second kappa shape index (κ2) is 9.25. The standard InChI is InChI=1S/C29H25ClF2N6O3S/c1-38-16-9-35-5-4-17(16)41-24-20-23(36-28(37-27(20)38)40-11-29-6-12(7-29)39-10-29)22(32)19(21(24)30)13-2-3-15(31)25-18(13)14(8-33)26(34)42-25/h2-3,12,16-17,35H,4-7,9-11,34H2,1H3. The van der Waals surface area contributed by atoms with Gasteiger partial charge in [0.05, 0.1) is 46.0 Å². The maximum Gasteiger partial charge on any atom is 0.319 e. The lowest BCUT2D eigenvalue weighted by Gasteiger charge is -2.36. The molecule has 0 radical (unpaired) electrons. The fourth-order valence-corrected chi connectivity index (χ4v) is 8.15. The van der Waals surface area contributed by atoms with Crippen LogP contribution in [0.2, 0.25) is 5.02 Å². The summed E-state index contributed by atoms with van der Waals surface area (Å²) in [6.45, 7) is 2.34. The van der Waals surface area contributed by atoms with Gasteiger partial charge in [-0.1, -0.05) is 17.7 Å². The van der Waals surface area contributed by atoms with Crippen LogP contribution in [0.3, 0.4) is 0 Å². The van der Waals surface area contributed by atoms with E-state index in [2.05, 4.69) is 10.3 Å². The molecule has 2 aromatic carbocycles. The predicted octanol–water partition coefficient (Wildman–Crippen LogP) is 5.01. The van der Waals surface area contributed by atoms with Gasteiger partial charge in [0.2, 0.25) is 0 Å². The molecule has 1 saturated carbocycles. The monoisotopic (exact) mass is 610 g/mol. The lowest BCUT2D eigenvalue weighted by molar-refractivity contribution is 0.0785. The summed E-state index contributed by atoms with van der Waals surface area (Å²) in [5.41, 5.74) is 6.21. The number of nitrogen functional groups attached to an aromatic ring is 1. The summed E-state index contributed by atoms with van der Waals surface area (Å²) in [5.74, 6) is -0.622. The van der Waals surface area contributed by atoms with Crippen molar-refractivity contribution >= 4 is 54.7 Å². The number of benzene rings is 2. The van der Waals surface area contributed by atoms with Crippen LogP contribution in [-0.4, -0.2) is 61.6 Å². The minimum atomic E-state index is -0.750. The van der Waals surface area contributed by atoms with Crippen molar-refractivity contribution < 1.29 is 23.0 Å². The zero-order valence-electron chi connectivity index (χ0n) is 22.5. The summed E-state index contributed by atoms with van der Waals surface area (Å²) >= 11 is 7.97. The normalized spacial score (nSPS) is 26.0. The molecular formula is C29H25ClF2N6O3S. The Morgan fingerprint density at radius 2 is 2.14 bits per heavy atom. The lowest BCUT2D eigenvalue weighted by atomic mass is 9.71. The highest BCUT2D eigenvalue weighted by Crippen LogP contribution is 2.52. The van der Waals surface area contributed by atoms with Crippen molar-refractivity contribution in [2.45, 2.75) is 37.5 Å². The van der Waals surface area contributed by atoms with Crippen LogP contribution in [0, 0.1) is 28.4 Å². The van der Waals surface area contributed by atoms with Crippen molar-refractivity contribution in [3.63, 3.8) is 0 Å². The fourth-order valence-electron chi connectivity index (χ4n) is 6.87. The van der Waals surface area contributed by atoms with Gasteiger partial charge in [0, 0.05) is 30.0 Å². The SMILES string of the molecule is CN1c2nc(OCC34COC(C3)C4)nc3c(F)c(-c4ccc(F)c5sc(N)c(C#N)c45)c(Cl)c(c23)OC2CCNCC21. The number of thiophene rings is 1. The van der Waals surface area contributed by atoms with Crippen molar-refractivity contribution in [2.24, 2.45) is 5.41 Å². The fraction of sp³-hybridized carbons (Fsp3) is 0.414. The topological polar surface area (TPSA) is 119 Å². The lowest BCUT2D eigenvalue weighted by Crippen LogP contribution is -2.54. The van der Waals surface area contributed by atoms with Crippen molar-refractivity contribution in [3.05, 3.63) is 34.4 Å². The van der Waals surface area contributed by atoms with Crippen molar-refractivity contribution in [1.82, 2.24) is 15.3 Å². The first-order chi connectivity index (χ1) is 20.3. The molecule has 9 nitrogen and oxygen atoms in total. The molecule has 4 aliphatic heterocycles. The third kappa shape index (κ3) is 3.63. The number of piperidine rings is 1. The zero-order chi connectivity index (χ0) is 28.9. The molecule has 9 rings (SSSR count). The number of nitrogens with one attached hydrogen (secondary N) is 1. The molecule has 216 valence electrons. The second-order valence-corrected chi connectivity index (χ2v) is 13.0. The number of likely N-dealkylation sites (N-methyl/N-ethyl adjacent to an activating group) is 1. The average molecular weight is 611 g/mol. The molecule has 42 heavy (non-hydrogen) atoms. The number of hydrogen-bond donors (Lipinski definition) is 2. The van der Waals surface area contributed by atoms with E-state index in [1.54, 1.807) is 0 Å². The molecule has 0 amide bonds. The van der Waals surface area contributed by atoms with Gasteiger partial charge in [-0.2, -0.15) is 15.2 Å². The summed E-state index contributed by atoms with van der Waals surface area (Å²) in [6.07, 6.45) is 2.53. The van der Waals surface area contributed by atoms with Crippen LogP contribution >= 0.6 is 22.9 Å². The van der Waals surface area contributed by atoms with Gasteiger partial charge in [-0.25, -0.2) is 8.78 Å². The number of hydrogen-bond acceptors (Lipinski definition) is 10. The minimum Gasteiger partial charge on any atom is -0.486 e. The number of nitriles is 1. The molecule has 13 heteroatoms. The highest BCUT2D eigenvalue weighted by atomic mass is 35.5. The van der Waals surface area contributed by atoms with Gasteiger partial charge in [-0.3, -0.25) is 0 Å². The van der Waals surface area contributed by atoms with E-state index in [1.165, 1.54) is 12.1 Å². The van der Waals surface area contributed by atoms with E-state index in [9.17, 15) is 9.65 Å². The van der Waals surface area contributed by atoms with Gasteiger partial charge >= 0.3 is 6.01 Å². The van der Waals surface area contributed by atoms with E-state index in [0.717, 1.165) is 30.7 Å². The van der Waals surface area contributed by atoms with E-state index in [1.807, 2.05) is 18.0 Å². The highest BCUT2D eigenvalue weighted by molar-refractivity contribution is 7.23. The van der Waals surface area contributed by atoms with Crippen molar-refractivity contribution in [3.8, 4) is 29.0 Å². The summed E-state index contributed by atoms with van der Waals surface area (Å²) in [6, 6.07) is 4.60. The molecule has 2 bridgehead atoms. The Kier molecular flexibility index (Phi) is 5.76. The third-order valence-corrected chi connectivity index (χ3v) is 10.5. The summed E-state index contributed by atoms with van der Waals surface area (Å²) in [5, 5.41) is 13.9. The van der Waals surface area contributed by atoms with Crippen molar-refractivity contribution in [2.75, 3.05) is 44.0 Å². The van der Waals surface area contributed by atoms with Crippen LogP contribution < -0.4 is 25.4 Å². The first kappa shape index (κ1) is 26.2. The van der Waals surface area contributed by atoms with Crippen LogP contribution in [0.1, 0.15) is 24.8 Å². The Balaban J connectivity index is 1.38. The van der Waals surface area contributed by atoms with Gasteiger partial charge in [-0.15, -0.1) is 11.3 Å². The summed E-state index contributed by atoms with van der Waals surface area (Å²) in [4.78, 5) is 11.3. The molecule has 0 spiro atoms. The first-order valence-electron chi connectivity index (χ1n) is 13.8. The van der Waals surface area contributed by atoms with Crippen LogP contribution in [0.5, 0.6) is 11.8 Å². The molecule has 5 aliphatic rings. The number of halogens is 3. The Labute approximate surface area is 248 Å². The van der Waals surface area contributed by atoms with Gasteiger partial charge in [0.15, 0.2) is 11.6 Å². The number of aromatic nitrogens is 2. The van der Waals surface area contributed by atoms with Gasteiger partial charge in [0.1, 0.15) is 34.3 Å².